The van der Waals surface area contributed by atoms with Crippen LogP contribution in [0.2, 0.25) is 5.02 Å². The van der Waals surface area contributed by atoms with Crippen LogP contribution in [0.3, 0.4) is 0 Å². The second kappa shape index (κ2) is 8.86. The second-order valence-electron chi connectivity index (χ2n) is 6.17. The number of benzene rings is 1. The van der Waals surface area contributed by atoms with Crippen LogP contribution in [0.25, 0.3) is 0 Å². The van der Waals surface area contributed by atoms with Gasteiger partial charge in [-0.2, -0.15) is 4.98 Å². The first-order chi connectivity index (χ1) is 13.0. The van der Waals surface area contributed by atoms with E-state index < -0.39 is 11.5 Å². The van der Waals surface area contributed by atoms with E-state index in [1.54, 1.807) is 0 Å². The Hall–Kier alpha value is -1.90. The third kappa shape index (κ3) is 4.69. The summed E-state index contributed by atoms with van der Waals surface area (Å²) >= 11 is 6.92. The van der Waals surface area contributed by atoms with Gasteiger partial charge >= 0.3 is 5.69 Å². The summed E-state index contributed by atoms with van der Waals surface area (Å²) in [5, 5.41) is 12.3. The Bertz CT molecular complexity index is 919. The number of aromatic nitrogens is 2. The summed E-state index contributed by atoms with van der Waals surface area (Å²) in [6.45, 7) is 0.105. The van der Waals surface area contributed by atoms with Gasteiger partial charge in [0.15, 0.2) is 0 Å². The van der Waals surface area contributed by atoms with Gasteiger partial charge in [-0.25, -0.2) is 9.18 Å². The molecule has 0 saturated heterocycles. The van der Waals surface area contributed by atoms with Crippen LogP contribution in [-0.2, 0) is 24.2 Å². The van der Waals surface area contributed by atoms with Crippen molar-refractivity contribution in [3.05, 3.63) is 50.8 Å². The summed E-state index contributed by atoms with van der Waals surface area (Å²) < 4.78 is 14.7. The molecule has 1 aromatic heterocycles. The Morgan fingerprint density at radius 3 is 2.89 bits per heavy atom. The quantitative estimate of drug-likeness (QED) is 0.564. The van der Waals surface area contributed by atoms with Gasteiger partial charge in [-0.05, 0) is 43.9 Å². The van der Waals surface area contributed by atoms with E-state index in [-0.39, 0.29) is 29.8 Å². The van der Waals surface area contributed by atoms with Crippen LogP contribution in [0.5, 0.6) is 0 Å². The summed E-state index contributed by atoms with van der Waals surface area (Å²) in [5.74, 6) is -0.783. The van der Waals surface area contributed by atoms with E-state index in [9.17, 15) is 19.1 Å². The predicted molar refractivity (Wildman–Crippen MR) is 103 cm³/mol. The average molecular weight is 412 g/mol. The van der Waals surface area contributed by atoms with Gasteiger partial charge in [0, 0.05) is 16.9 Å². The van der Waals surface area contributed by atoms with Crippen molar-refractivity contribution in [1.82, 2.24) is 9.55 Å². The number of carbonyl (C=O) groups is 1. The first kappa shape index (κ1) is 19.9. The van der Waals surface area contributed by atoms with Crippen molar-refractivity contribution < 1.29 is 14.3 Å². The van der Waals surface area contributed by atoms with E-state index >= 15 is 0 Å². The lowest BCUT2D eigenvalue weighted by Crippen LogP contribution is -2.31. The molecule has 1 aliphatic rings. The first-order valence-corrected chi connectivity index (χ1v) is 9.97. The summed E-state index contributed by atoms with van der Waals surface area (Å²) in [7, 11) is 0. The van der Waals surface area contributed by atoms with Crippen LogP contribution in [0, 0.1) is 5.82 Å². The Morgan fingerprint density at radius 2 is 2.15 bits per heavy atom. The lowest BCUT2D eigenvalue weighted by molar-refractivity contribution is -0.113. The predicted octanol–water partition coefficient (Wildman–Crippen LogP) is 2.64. The van der Waals surface area contributed by atoms with Crippen LogP contribution in [0.4, 0.5) is 10.1 Å². The van der Waals surface area contributed by atoms with Gasteiger partial charge in [-0.1, -0.05) is 23.4 Å². The highest BCUT2D eigenvalue weighted by molar-refractivity contribution is 8.00. The molecule has 2 aromatic rings. The number of rotatable bonds is 6. The van der Waals surface area contributed by atoms with Gasteiger partial charge in [-0.3, -0.25) is 9.36 Å². The third-order valence-electron chi connectivity index (χ3n) is 4.32. The van der Waals surface area contributed by atoms with Crippen LogP contribution >= 0.6 is 23.4 Å². The van der Waals surface area contributed by atoms with Crippen LogP contribution < -0.4 is 11.0 Å². The van der Waals surface area contributed by atoms with Crippen molar-refractivity contribution in [2.75, 3.05) is 17.7 Å². The molecule has 3 rings (SSSR count). The normalized spacial score (nSPS) is 13.3. The molecule has 1 heterocycles. The number of nitrogens with zero attached hydrogens (tertiary/aromatic N) is 2. The fourth-order valence-electron chi connectivity index (χ4n) is 3.10. The van der Waals surface area contributed by atoms with E-state index in [4.69, 9.17) is 11.6 Å². The molecule has 0 saturated carbocycles. The highest BCUT2D eigenvalue weighted by atomic mass is 35.5. The van der Waals surface area contributed by atoms with E-state index in [2.05, 4.69) is 10.3 Å². The number of aliphatic hydroxyl groups is 1. The molecule has 144 valence electrons. The van der Waals surface area contributed by atoms with E-state index in [0.717, 1.165) is 36.9 Å². The number of amides is 1. The van der Waals surface area contributed by atoms with Crippen molar-refractivity contribution in [3.63, 3.8) is 0 Å². The fourth-order valence-corrected chi connectivity index (χ4v) is 4.16. The Labute approximate surface area is 164 Å². The SMILES string of the molecule is O=C(CSc1nc(=O)n(CCO)c2c1CCCC2)Nc1ccc(F)c(Cl)c1. The number of thioether (sulfide) groups is 1. The number of anilines is 1. The number of hydrogen-bond acceptors (Lipinski definition) is 5. The monoisotopic (exact) mass is 411 g/mol. The molecule has 0 radical (unpaired) electrons. The molecule has 0 unspecified atom stereocenters. The van der Waals surface area contributed by atoms with Gasteiger partial charge in [0.1, 0.15) is 10.8 Å². The number of hydrogen-bond donors (Lipinski definition) is 2. The molecule has 1 amide bonds. The fraction of sp³-hybridized carbons (Fsp3) is 0.389. The number of aliphatic hydroxyl groups excluding tert-OH is 1. The molecular formula is C18H19ClFN3O3S. The topological polar surface area (TPSA) is 84.2 Å². The van der Waals surface area contributed by atoms with Crippen molar-refractivity contribution >= 4 is 35.0 Å². The van der Waals surface area contributed by atoms with Crippen LogP contribution in [-0.4, -0.2) is 32.9 Å². The molecule has 0 atom stereocenters. The molecule has 0 bridgehead atoms. The van der Waals surface area contributed by atoms with Gasteiger partial charge in [0.05, 0.1) is 23.9 Å². The molecule has 0 fully saturated rings. The Morgan fingerprint density at radius 1 is 1.37 bits per heavy atom. The maximum absolute atomic E-state index is 13.2. The molecule has 0 aliphatic heterocycles. The number of carbonyl (C=O) groups excluding carboxylic acids is 1. The van der Waals surface area contributed by atoms with Crippen molar-refractivity contribution in [3.8, 4) is 0 Å². The van der Waals surface area contributed by atoms with E-state index in [1.165, 1.54) is 34.5 Å². The van der Waals surface area contributed by atoms with Crippen molar-refractivity contribution in [2.24, 2.45) is 0 Å². The van der Waals surface area contributed by atoms with E-state index in [1.807, 2.05) is 0 Å². The molecule has 0 spiro atoms. The minimum absolute atomic E-state index is 0.0660. The summed E-state index contributed by atoms with van der Waals surface area (Å²) in [6, 6.07) is 3.96. The molecule has 9 heteroatoms. The highest BCUT2D eigenvalue weighted by Gasteiger charge is 2.21. The lowest BCUT2D eigenvalue weighted by Gasteiger charge is -2.22. The van der Waals surface area contributed by atoms with Crippen LogP contribution in [0.15, 0.2) is 28.0 Å². The summed E-state index contributed by atoms with van der Waals surface area (Å²) in [5.41, 5.74) is 1.89. The zero-order chi connectivity index (χ0) is 19.4. The zero-order valence-corrected chi connectivity index (χ0v) is 16.1. The van der Waals surface area contributed by atoms with E-state index in [0.29, 0.717) is 10.7 Å². The minimum atomic E-state index is -0.552. The third-order valence-corrected chi connectivity index (χ3v) is 5.63. The molecular weight excluding hydrogens is 393 g/mol. The molecule has 1 aliphatic carbocycles. The number of nitrogens with one attached hydrogen (secondary N) is 1. The zero-order valence-electron chi connectivity index (χ0n) is 14.5. The lowest BCUT2D eigenvalue weighted by atomic mass is 9.97. The Balaban J connectivity index is 1.73. The van der Waals surface area contributed by atoms with Gasteiger partial charge in [-0.15, -0.1) is 0 Å². The Kier molecular flexibility index (Phi) is 6.51. The van der Waals surface area contributed by atoms with Gasteiger partial charge in [0.2, 0.25) is 5.91 Å². The number of fused-ring (bicyclic) bond motifs is 1. The maximum Gasteiger partial charge on any atom is 0.348 e. The second-order valence-corrected chi connectivity index (χ2v) is 7.54. The van der Waals surface area contributed by atoms with Gasteiger partial charge in [0.25, 0.3) is 0 Å². The highest BCUT2D eigenvalue weighted by Crippen LogP contribution is 2.28. The molecule has 27 heavy (non-hydrogen) atoms. The first-order valence-electron chi connectivity index (χ1n) is 8.60. The smallest absolute Gasteiger partial charge is 0.348 e. The molecule has 6 nitrogen and oxygen atoms in total. The van der Waals surface area contributed by atoms with Crippen LogP contribution in [0.1, 0.15) is 24.1 Å². The summed E-state index contributed by atoms with van der Waals surface area (Å²) in [4.78, 5) is 28.6. The van der Waals surface area contributed by atoms with Crippen molar-refractivity contribution in [2.45, 2.75) is 37.3 Å². The standard InChI is InChI=1S/C18H19ClFN3O3S/c19-13-9-11(5-6-14(13)20)21-16(25)10-27-17-12-3-1-2-4-15(12)23(7-8-24)18(26)22-17/h5-6,9,24H,1-4,7-8,10H2,(H,21,25). The van der Waals surface area contributed by atoms with Gasteiger partial charge < -0.3 is 10.4 Å². The summed E-state index contributed by atoms with van der Waals surface area (Å²) in [6.07, 6.45) is 3.55. The van der Waals surface area contributed by atoms with Crippen molar-refractivity contribution in [1.29, 1.82) is 0 Å². The molecule has 2 N–H and O–H groups in total. The molecule has 1 aromatic carbocycles. The largest absolute Gasteiger partial charge is 0.395 e. The maximum atomic E-state index is 13.2. The average Bonchev–Trinajstić information content (AvgIpc) is 2.65. The minimum Gasteiger partial charge on any atom is -0.395 e. The number of halogens is 2.